The molecular weight excluding hydrogens is 272 g/mol. The van der Waals surface area contributed by atoms with Gasteiger partial charge in [0.15, 0.2) is 0 Å². The lowest BCUT2D eigenvalue weighted by Crippen LogP contribution is -1.95. The Kier molecular flexibility index (Phi) is 3.90. The monoisotopic (exact) mass is 283 g/mol. The summed E-state index contributed by atoms with van der Waals surface area (Å²) >= 11 is 6.01. The number of hydrogen-bond acceptors (Lipinski definition) is 2. The van der Waals surface area contributed by atoms with Gasteiger partial charge in [-0.3, -0.25) is 0 Å². The van der Waals surface area contributed by atoms with Crippen LogP contribution in [0.15, 0.2) is 36.4 Å². The average molecular weight is 284 g/mol. The maximum Gasteiger partial charge on any atom is 0.267 e. The molecule has 2 nitrogen and oxygen atoms in total. The second kappa shape index (κ2) is 5.45. The van der Waals surface area contributed by atoms with Crippen LogP contribution in [0.4, 0.5) is 14.5 Å². The van der Waals surface area contributed by atoms with Gasteiger partial charge in [-0.2, -0.15) is 0 Å². The van der Waals surface area contributed by atoms with Gasteiger partial charge in [0.05, 0.1) is 10.6 Å². The Labute approximate surface area is 114 Å². The molecule has 0 aliphatic rings. The lowest BCUT2D eigenvalue weighted by atomic mass is 10.2. The van der Waals surface area contributed by atoms with Gasteiger partial charge < -0.3 is 10.5 Å². The first-order chi connectivity index (χ1) is 8.97. The number of nitrogen functional groups attached to an aromatic ring is 1. The van der Waals surface area contributed by atoms with E-state index >= 15 is 0 Å². The predicted octanol–water partition coefficient (Wildman–Crippen LogP) is 4.96. The fourth-order valence-electron chi connectivity index (χ4n) is 1.64. The molecule has 0 aromatic heterocycles. The van der Waals surface area contributed by atoms with Crippen molar-refractivity contribution in [3.63, 3.8) is 0 Å². The minimum Gasteiger partial charge on any atom is -0.455 e. The van der Waals surface area contributed by atoms with Crippen molar-refractivity contribution in [1.29, 1.82) is 0 Å². The highest BCUT2D eigenvalue weighted by atomic mass is 35.5. The minimum atomic E-state index is -2.66. The van der Waals surface area contributed by atoms with E-state index in [4.69, 9.17) is 22.1 Å². The Morgan fingerprint density at radius 3 is 2.42 bits per heavy atom. The lowest BCUT2D eigenvalue weighted by Gasteiger charge is -2.12. The molecule has 0 amide bonds. The lowest BCUT2D eigenvalue weighted by molar-refractivity contribution is 0.148. The highest BCUT2D eigenvalue weighted by Gasteiger charge is 2.16. The molecule has 0 fully saturated rings. The second-order valence-corrected chi connectivity index (χ2v) is 4.54. The molecule has 2 aromatic carbocycles. The number of nitrogens with two attached hydrogens (primary N) is 1. The Hall–Kier alpha value is -1.81. The Morgan fingerprint density at radius 1 is 1.11 bits per heavy atom. The standard InChI is InChI=1S/C14H12ClF2NO/c1-8-2-4-13(11(15)6-8)19-12-5-3-9(18)7-10(12)14(16)17/h2-7,14H,18H2,1H3. The van der Waals surface area contributed by atoms with E-state index in [9.17, 15) is 8.78 Å². The van der Waals surface area contributed by atoms with Crippen LogP contribution in [0, 0.1) is 6.92 Å². The zero-order chi connectivity index (χ0) is 14.0. The highest BCUT2D eigenvalue weighted by molar-refractivity contribution is 6.32. The molecule has 0 aliphatic heterocycles. The summed E-state index contributed by atoms with van der Waals surface area (Å²) in [5, 5.41) is 0.372. The Balaban J connectivity index is 2.38. The van der Waals surface area contributed by atoms with Crippen molar-refractivity contribution in [3.8, 4) is 11.5 Å². The molecule has 0 spiro atoms. The van der Waals surface area contributed by atoms with Crippen molar-refractivity contribution in [2.75, 3.05) is 5.73 Å². The van der Waals surface area contributed by atoms with Crippen LogP contribution < -0.4 is 10.5 Å². The van der Waals surface area contributed by atoms with Gasteiger partial charge in [-0.25, -0.2) is 8.78 Å². The van der Waals surface area contributed by atoms with Gasteiger partial charge in [-0.05, 0) is 42.8 Å². The van der Waals surface area contributed by atoms with Crippen LogP contribution in [-0.4, -0.2) is 0 Å². The van der Waals surface area contributed by atoms with Gasteiger partial charge in [-0.1, -0.05) is 17.7 Å². The number of benzene rings is 2. The van der Waals surface area contributed by atoms with Crippen molar-refractivity contribution >= 4 is 17.3 Å². The largest absolute Gasteiger partial charge is 0.455 e. The molecule has 2 rings (SSSR count). The summed E-state index contributed by atoms with van der Waals surface area (Å²) in [5.41, 5.74) is 6.46. The number of hydrogen-bond donors (Lipinski definition) is 1. The number of anilines is 1. The Bertz CT molecular complexity index is 602. The van der Waals surface area contributed by atoms with Crippen LogP contribution >= 0.6 is 11.6 Å². The number of aryl methyl sites for hydroxylation is 1. The molecule has 0 unspecified atom stereocenters. The summed E-state index contributed by atoms with van der Waals surface area (Å²) in [6, 6.07) is 9.25. The van der Waals surface area contributed by atoms with Crippen LogP contribution in [-0.2, 0) is 0 Å². The van der Waals surface area contributed by atoms with Crippen molar-refractivity contribution in [2.24, 2.45) is 0 Å². The fraction of sp³-hybridized carbons (Fsp3) is 0.143. The first kappa shape index (κ1) is 13.6. The topological polar surface area (TPSA) is 35.2 Å². The quantitative estimate of drug-likeness (QED) is 0.808. The third-order valence-electron chi connectivity index (χ3n) is 2.58. The third-order valence-corrected chi connectivity index (χ3v) is 2.87. The summed E-state index contributed by atoms with van der Waals surface area (Å²) in [7, 11) is 0. The predicted molar refractivity (Wildman–Crippen MR) is 72.1 cm³/mol. The van der Waals surface area contributed by atoms with Crippen LogP contribution in [0.25, 0.3) is 0 Å². The maximum atomic E-state index is 12.9. The summed E-state index contributed by atoms with van der Waals surface area (Å²) < 4.78 is 31.3. The normalized spacial score (nSPS) is 10.8. The van der Waals surface area contributed by atoms with Gasteiger partial charge in [0.25, 0.3) is 6.43 Å². The van der Waals surface area contributed by atoms with Gasteiger partial charge in [0.2, 0.25) is 0 Å². The number of rotatable bonds is 3. The van der Waals surface area contributed by atoms with E-state index in [1.54, 1.807) is 18.2 Å². The third kappa shape index (κ3) is 3.15. The molecule has 19 heavy (non-hydrogen) atoms. The molecule has 0 saturated heterocycles. The zero-order valence-corrected chi connectivity index (χ0v) is 10.9. The minimum absolute atomic E-state index is 0.0509. The van der Waals surface area contributed by atoms with Gasteiger partial charge in [0.1, 0.15) is 11.5 Å². The van der Waals surface area contributed by atoms with E-state index in [-0.39, 0.29) is 17.0 Å². The van der Waals surface area contributed by atoms with Crippen LogP contribution in [0.2, 0.25) is 5.02 Å². The van der Waals surface area contributed by atoms with Gasteiger partial charge in [0, 0.05) is 5.69 Å². The van der Waals surface area contributed by atoms with E-state index in [1.165, 1.54) is 18.2 Å². The number of ether oxygens (including phenoxy) is 1. The molecule has 100 valence electrons. The SMILES string of the molecule is Cc1ccc(Oc2ccc(N)cc2C(F)F)c(Cl)c1. The zero-order valence-electron chi connectivity index (χ0n) is 10.2. The molecule has 0 saturated carbocycles. The maximum absolute atomic E-state index is 12.9. The fourth-order valence-corrected chi connectivity index (χ4v) is 1.91. The van der Waals surface area contributed by atoms with Crippen molar-refractivity contribution in [2.45, 2.75) is 13.3 Å². The summed E-state index contributed by atoms with van der Waals surface area (Å²) in [5.74, 6) is 0.383. The first-order valence-electron chi connectivity index (χ1n) is 5.59. The molecule has 2 N–H and O–H groups in total. The van der Waals surface area contributed by atoms with E-state index in [0.717, 1.165) is 5.56 Å². The summed E-state index contributed by atoms with van der Waals surface area (Å²) in [6.07, 6.45) is -2.66. The molecule has 2 aromatic rings. The number of halogens is 3. The van der Waals surface area contributed by atoms with Crippen molar-refractivity contribution in [3.05, 3.63) is 52.5 Å². The van der Waals surface area contributed by atoms with Gasteiger partial charge >= 0.3 is 0 Å². The van der Waals surface area contributed by atoms with Crippen molar-refractivity contribution in [1.82, 2.24) is 0 Å². The smallest absolute Gasteiger partial charge is 0.267 e. The van der Waals surface area contributed by atoms with Gasteiger partial charge in [-0.15, -0.1) is 0 Å². The molecular formula is C14H12ClF2NO. The average Bonchev–Trinajstić information content (AvgIpc) is 2.34. The van der Waals surface area contributed by atoms with E-state index in [2.05, 4.69) is 0 Å². The van der Waals surface area contributed by atoms with Crippen molar-refractivity contribution < 1.29 is 13.5 Å². The van der Waals surface area contributed by atoms with Crippen LogP contribution in [0.5, 0.6) is 11.5 Å². The first-order valence-corrected chi connectivity index (χ1v) is 5.97. The number of alkyl halides is 2. The molecule has 0 radical (unpaired) electrons. The highest BCUT2D eigenvalue weighted by Crippen LogP contribution is 2.36. The summed E-state index contributed by atoms with van der Waals surface area (Å²) in [6.45, 7) is 1.88. The Morgan fingerprint density at radius 2 is 1.79 bits per heavy atom. The summed E-state index contributed by atoms with van der Waals surface area (Å²) in [4.78, 5) is 0. The van der Waals surface area contributed by atoms with E-state index in [0.29, 0.717) is 10.8 Å². The van der Waals surface area contributed by atoms with E-state index < -0.39 is 6.43 Å². The molecule has 0 bridgehead atoms. The van der Waals surface area contributed by atoms with Crippen LogP contribution in [0.3, 0.4) is 0 Å². The molecule has 0 aliphatic carbocycles. The molecule has 0 atom stereocenters. The van der Waals surface area contributed by atoms with Crippen LogP contribution in [0.1, 0.15) is 17.6 Å². The second-order valence-electron chi connectivity index (χ2n) is 4.13. The molecule has 5 heteroatoms. The molecule has 0 heterocycles. The van der Waals surface area contributed by atoms with E-state index in [1.807, 2.05) is 6.92 Å².